The summed E-state index contributed by atoms with van der Waals surface area (Å²) in [5, 5.41) is 12.1. The Morgan fingerprint density at radius 3 is 2.76 bits per heavy atom. The molecule has 2 heterocycles. The van der Waals surface area contributed by atoms with Crippen LogP contribution in [0.1, 0.15) is 13.3 Å². The van der Waals surface area contributed by atoms with Crippen LogP contribution in [-0.2, 0) is 9.53 Å². The molecule has 6 nitrogen and oxygen atoms in total. The van der Waals surface area contributed by atoms with Gasteiger partial charge in [-0.15, -0.1) is 0 Å². The van der Waals surface area contributed by atoms with E-state index in [1.165, 1.54) is 0 Å². The van der Waals surface area contributed by atoms with Crippen molar-refractivity contribution in [2.45, 2.75) is 13.3 Å². The molecule has 21 heavy (non-hydrogen) atoms. The van der Waals surface area contributed by atoms with E-state index in [-0.39, 0.29) is 11.8 Å². The fraction of sp³-hybridized carbons (Fsp3) is 0.867. The lowest BCUT2D eigenvalue weighted by Gasteiger charge is -2.31. The number of hydrogen-bond donors (Lipinski definition) is 1. The molecule has 0 bridgehead atoms. The molecule has 118 valence electrons. The maximum Gasteiger partial charge on any atom is 0.227 e. The van der Waals surface area contributed by atoms with Crippen LogP contribution >= 0.6 is 0 Å². The van der Waals surface area contributed by atoms with Crippen LogP contribution in [-0.4, -0.2) is 74.7 Å². The Morgan fingerprint density at radius 2 is 2.14 bits per heavy atom. The molecule has 0 aromatic carbocycles. The van der Waals surface area contributed by atoms with E-state index in [1.54, 1.807) is 0 Å². The van der Waals surface area contributed by atoms with Crippen molar-refractivity contribution < 1.29 is 9.53 Å². The van der Waals surface area contributed by atoms with Crippen LogP contribution in [0, 0.1) is 23.2 Å². The first-order valence-corrected chi connectivity index (χ1v) is 7.89. The molecule has 2 rings (SSSR count). The number of carbonyl (C=O) groups excluding carboxylic acids is 1. The molecule has 0 radical (unpaired) electrons. The number of nitriles is 1. The maximum absolute atomic E-state index is 12.7. The van der Waals surface area contributed by atoms with Gasteiger partial charge in [0.15, 0.2) is 0 Å². The van der Waals surface area contributed by atoms with Gasteiger partial charge in [0, 0.05) is 39.3 Å². The number of nitrogens with one attached hydrogen (secondary N) is 1. The second kappa shape index (κ2) is 8.32. The normalized spacial score (nSPS) is 26.5. The highest BCUT2D eigenvalue weighted by Crippen LogP contribution is 2.18. The third-order valence-electron chi connectivity index (χ3n) is 4.43. The SMILES string of the molecule is C[C@@H]1CNC[C@H]1C(=O)N(CCC#N)CCN1CCOCC1. The zero-order chi connectivity index (χ0) is 15.1. The van der Waals surface area contributed by atoms with E-state index in [2.05, 4.69) is 23.2 Å². The van der Waals surface area contributed by atoms with Crippen LogP contribution in [0.3, 0.4) is 0 Å². The summed E-state index contributed by atoms with van der Waals surface area (Å²) in [5.74, 6) is 0.648. The predicted octanol–water partition coefficient (Wildman–Crippen LogP) is -0.0836. The summed E-state index contributed by atoms with van der Waals surface area (Å²) >= 11 is 0. The van der Waals surface area contributed by atoms with Gasteiger partial charge in [0.2, 0.25) is 5.91 Å². The lowest BCUT2D eigenvalue weighted by Crippen LogP contribution is -2.45. The van der Waals surface area contributed by atoms with Gasteiger partial charge in [-0.1, -0.05) is 6.92 Å². The minimum atomic E-state index is 0.0633. The van der Waals surface area contributed by atoms with E-state index >= 15 is 0 Å². The largest absolute Gasteiger partial charge is 0.379 e. The highest BCUT2D eigenvalue weighted by atomic mass is 16.5. The molecule has 6 heteroatoms. The van der Waals surface area contributed by atoms with Crippen LogP contribution in [0.4, 0.5) is 0 Å². The second-order valence-electron chi connectivity index (χ2n) is 5.93. The smallest absolute Gasteiger partial charge is 0.227 e. The van der Waals surface area contributed by atoms with Crippen molar-refractivity contribution in [3.8, 4) is 6.07 Å². The molecule has 2 aliphatic rings. The standard InChI is InChI=1S/C15H26N4O2/c1-13-11-17-12-14(13)15(20)19(4-2-3-16)6-5-18-7-9-21-10-8-18/h13-14,17H,2,4-12H2,1H3/t13-,14-/m1/s1. The molecule has 0 unspecified atom stereocenters. The van der Waals surface area contributed by atoms with Crippen molar-refractivity contribution in [2.24, 2.45) is 11.8 Å². The zero-order valence-electron chi connectivity index (χ0n) is 12.9. The highest BCUT2D eigenvalue weighted by Gasteiger charge is 2.32. The van der Waals surface area contributed by atoms with Crippen molar-refractivity contribution in [1.29, 1.82) is 5.26 Å². The molecule has 2 aliphatic heterocycles. The van der Waals surface area contributed by atoms with Crippen molar-refractivity contribution >= 4 is 5.91 Å². The van der Waals surface area contributed by atoms with Gasteiger partial charge < -0.3 is 15.0 Å². The van der Waals surface area contributed by atoms with Crippen molar-refractivity contribution in [3.05, 3.63) is 0 Å². The first-order chi connectivity index (χ1) is 10.2. The number of nitrogens with zero attached hydrogens (tertiary/aromatic N) is 3. The topological polar surface area (TPSA) is 68.6 Å². The Balaban J connectivity index is 1.86. The molecule has 0 aliphatic carbocycles. The number of amides is 1. The summed E-state index contributed by atoms with van der Waals surface area (Å²) in [6.45, 7) is 9.33. The fourth-order valence-electron chi connectivity index (χ4n) is 2.98. The van der Waals surface area contributed by atoms with E-state index in [0.717, 1.165) is 45.9 Å². The molecular formula is C15H26N4O2. The molecule has 1 N–H and O–H groups in total. The molecule has 0 aromatic heterocycles. The Bertz CT molecular complexity index is 376. The molecule has 2 saturated heterocycles. The Labute approximate surface area is 127 Å². The number of morpholine rings is 1. The van der Waals surface area contributed by atoms with Crippen LogP contribution in [0.25, 0.3) is 0 Å². The number of ether oxygens (including phenoxy) is 1. The number of rotatable bonds is 6. The average molecular weight is 294 g/mol. The van der Waals surface area contributed by atoms with Gasteiger partial charge in [-0.05, 0) is 12.5 Å². The minimum Gasteiger partial charge on any atom is -0.379 e. The molecule has 2 fully saturated rings. The van der Waals surface area contributed by atoms with Gasteiger partial charge in [-0.25, -0.2) is 0 Å². The summed E-state index contributed by atoms with van der Waals surface area (Å²) in [6.07, 6.45) is 0.406. The third kappa shape index (κ3) is 4.67. The van der Waals surface area contributed by atoms with Crippen molar-refractivity contribution in [2.75, 3.05) is 59.0 Å². The lowest BCUT2D eigenvalue weighted by molar-refractivity contribution is -0.136. The van der Waals surface area contributed by atoms with Gasteiger partial charge >= 0.3 is 0 Å². The quantitative estimate of drug-likeness (QED) is 0.742. The van der Waals surface area contributed by atoms with E-state index < -0.39 is 0 Å². The van der Waals surface area contributed by atoms with Crippen LogP contribution < -0.4 is 5.32 Å². The van der Waals surface area contributed by atoms with E-state index in [1.807, 2.05) is 4.90 Å². The van der Waals surface area contributed by atoms with E-state index in [9.17, 15) is 4.79 Å². The van der Waals surface area contributed by atoms with Gasteiger partial charge in [0.05, 0.1) is 31.6 Å². The number of hydrogen-bond acceptors (Lipinski definition) is 5. The van der Waals surface area contributed by atoms with Gasteiger partial charge in [-0.3, -0.25) is 9.69 Å². The van der Waals surface area contributed by atoms with Gasteiger partial charge in [0.25, 0.3) is 0 Å². The Hall–Kier alpha value is -1.16. The van der Waals surface area contributed by atoms with E-state index in [4.69, 9.17) is 10.00 Å². The first-order valence-electron chi connectivity index (χ1n) is 7.89. The van der Waals surface area contributed by atoms with Crippen LogP contribution in [0.15, 0.2) is 0 Å². The van der Waals surface area contributed by atoms with E-state index in [0.29, 0.717) is 25.4 Å². The summed E-state index contributed by atoms with van der Waals surface area (Å²) < 4.78 is 5.34. The third-order valence-corrected chi connectivity index (χ3v) is 4.43. The second-order valence-corrected chi connectivity index (χ2v) is 5.93. The fourth-order valence-corrected chi connectivity index (χ4v) is 2.98. The molecule has 0 aromatic rings. The monoisotopic (exact) mass is 294 g/mol. The molecule has 2 atom stereocenters. The van der Waals surface area contributed by atoms with Crippen molar-refractivity contribution in [1.82, 2.24) is 15.1 Å². The van der Waals surface area contributed by atoms with Gasteiger partial charge in [-0.2, -0.15) is 5.26 Å². The minimum absolute atomic E-state index is 0.0633. The number of carbonyl (C=O) groups is 1. The Kier molecular flexibility index (Phi) is 6.43. The molecule has 1 amide bonds. The molecule has 0 saturated carbocycles. The zero-order valence-corrected chi connectivity index (χ0v) is 12.9. The summed E-state index contributed by atoms with van der Waals surface area (Å²) in [7, 11) is 0. The summed E-state index contributed by atoms with van der Waals surface area (Å²) in [5.41, 5.74) is 0. The highest BCUT2D eigenvalue weighted by molar-refractivity contribution is 5.79. The van der Waals surface area contributed by atoms with Crippen molar-refractivity contribution in [3.63, 3.8) is 0 Å². The predicted molar refractivity (Wildman–Crippen MR) is 79.6 cm³/mol. The maximum atomic E-state index is 12.7. The van der Waals surface area contributed by atoms with Gasteiger partial charge in [0.1, 0.15) is 0 Å². The van der Waals surface area contributed by atoms with Crippen LogP contribution in [0.2, 0.25) is 0 Å². The first kappa shape index (κ1) is 16.2. The summed E-state index contributed by atoms with van der Waals surface area (Å²) in [6, 6.07) is 2.15. The van der Waals surface area contributed by atoms with Crippen LogP contribution in [0.5, 0.6) is 0 Å². The summed E-state index contributed by atoms with van der Waals surface area (Å²) in [4.78, 5) is 16.9. The average Bonchev–Trinajstić information content (AvgIpc) is 2.94. The molecule has 0 spiro atoms. The molecular weight excluding hydrogens is 268 g/mol. The Morgan fingerprint density at radius 1 is 1.38 bits per heavy atom. The lowest BCUT2D eigenvalue weighted by atomic mass is 9.96.